The minimum atomic E-state index is -0.543. The van der Waals surface area contributed by atoms with Gasteiger partial charge in [0.05, 0.1) is 7.11 Å². The van der Waals surface area contributed by atoms with Crippen molar-refractivity contribution < 1.29 is 9.53 Å². The molecule has 196 valence electrons. The molecule has 0 bridgehead atoms. The van der Waals surface area contributed by atoms with Crippen LogP contribution in [0.2, 0.25) is 10.2 Å². The quantitative estimate of drug-likeness (QED) is 0.489. The number of halogens is 2. The van der Waals surface area contributed by atoms with E-state index in [4.69, 9.17) is 32.9 Å². The van der Waals surface area contributed by atoms with E-state index in [-0.39, 0.29) is 10.8 Å². The average molecular weight is 536 g/mol. The predicted octanol–water partition coefficient (Wildman–Crippen LogP) is 4.20. The van der Waals surface area contributed by atoms with E-state index in [1.165, 1.54) is 25.5 Å². The lowest BCUT2D eigenvalue weighted by atomic mass is 9.98. The van der Waals surface area contributed by atoms with Gasteiger partial charge in [0, 0.05) is 57.4 Å². The van der Waals surface area contributed by atoms with E-state index < -0.39 is 5.97 Å². The molecular formula is C26H36Cl2N6O2. The van der Waals surface area contributed by atoms with E-state index in [2.05, 4.69) is 38.7 Å². The van der Waals surface area contributed by atoms with Crippen molar-refractivity contribution in [2.45, 2.75) is 44.8 Å². The summed E-state index contributed by atoms with van der Waals surface area (Å²) < 4.78 is 4.87. The summed E-state index contributed by atoms with van der Waals surface area (Å²) in [4.78, 5) is 30.5. The summed E-state index contributed by atoms with van der Waals surface area (Å²) in [6.45, 7) is 8.03. The molecular weight excluding hydrogens is 499 g/mol. The van der Waals surface area contributed by atoms with Crippen molar-refractivity contribution in [2.24, 2.45) is 0 Å². The van der Waals surface area contributed by atoms with Gasteiger partial charge in [-0.1, -0.05) is 42.3 Å². The molecule has 8 nitrogen and oxygen atoms in total. The number of carbonyl (C=O) groups is 1. The summed E-state index contributed by atoms with van der Waals surface area (Å²) in [6, 6.07) is 9.17. The topological polar surface area (TPSA) is 65.0 Å². The predicted molar refractivity (Wildman–Crippen MR) is 145 cm³/mol. The number of methoxy groups -OCH3 is 1. The van der Waals surface area contributed by atoms with Crippen molar-refractivity contribution in [1.82, 2.24) is 19.8 Å². The molecule has 0 unspecified atom stereocenters. The van der Waals surface area contributed by atoms with Gasteiger partial charge >= 0.3 is 5.97 Å². The van der Waals surface area contributed by atoms with Crippen molar-refractivity contribution >= 4 is 40.8 Å². The normalized spacial score (nSPS) is 19.9. The van der Waals surface area contributed by atoms with Crippen molar-refractivity contribution in [2.75, 3.05) is 63.7 Å². The van der Waals surface area contributed by atoms with Gasteiger partial charge in [-0.25, -0.2) is 14.8 Å². The van der Waals surface area contributed by atoms with Crippen LogP contribution in [0.3, 0.4) is 0 Å². The lowest BCUT2D eigenvalue weighted by Crippen LogP contribution is -2.58. The lowest BCUT2D eigenvalue weighted by Gasteiger charge is -2.47. The van der Waals surface area contributed by atoms with Gasteiger partial charge in [0.2, 0.25) is 0 Å². The number of hydrogen-bond acceptors (Lipinski definition) is 8. The molecule has 0 saturated carbocycles. The molecule has 1 aromatic carbocycles. The zero-order valence-electron chi connectivity index (χ0n) is 21.6. The van der Waals surface area contributed by atoms with Crippen LogP contribution in [-0.4, -0.2) is 91.7 Å². The Morgan fingerprint density at radius 3 is 2.39 bits per heavy atom. The molecule has 1 aromatic heterocycles. The summed E-state index contributed by atoms with van der Waals surface area (Å²) in [6.07, 6.45) is 3.39. The highest BCUT2D eigenvalue weighted by Gasteiger charge is 2.34. The first-order chi connectivity index (χ1) is 17.3. The Morgan fingerprint density at radius 2 is 1.78 bits per heavy atom. The fraction of sp³-hybridized carbons (Fsp3) is 0.577. The van der Waals surface area contributed by atoms with Crippen LogP contribution < -0.4 is 9.80 Å². The van der Waals surface area contributed by atoms with Gasteiger partial charge in [0.25, 0.3) is 0 Å². The Labute approximate surface area is 224 Å². The number of aromatic nitrogens is 2. The molecule has 36 heavy (non-hydrogen) atoms. The molecule has 2 aliphatic rings. The summed E-state index contributed by atoms with van der Waals surface area (Å²) in [5, 5.41) is 1.02. The zero-order valence-corrected chi connectivity index (χ0v) is 23.1. The molecule has 0 amide bonds. The van der Waals surface area contributed by atoms with Gasteiger partial charge in [-0.15, -0.1) is 0 Å². The molecule has 2 saturated heterocycles. The molecule has 0 aliphatic carbocycles. The Bertz CT molecular complexity index is 1040. The average Bonchev–Trinajstić information content (AvgIpc) is 2.89. The highest BCUT2D eigenvalue weighted by atomic mass is 35.5. The maximum atomic E-state index is 12.2. The van der Waals surface area contributed by atoms with Crippen molar-refractivity contribution in [1.29, 1.82) is 0 Å². The van der Waals surface area contributed by atoms with Gasteiger partial charge in [0.1, 0.15) is 0 Å². The van der Waals surface area contributed by atoms with E-state index in [0.29, 0.717) is 23.7 Å². The number of carbonyl (C=O) groups excluding carboxylic acids is 1. The lowest BCUT2D eigenvalue weighted by molar-refractivity contribution is 0.0593. The summed E-state index contributed by atoms with van der Waals surface area (Å²) >= 11 is 12.6. The van der Waals surface area contributed by atoms with E-state index in [1.54, 1.807) is 4.90 Å². The summed E-state index contributed by atoms with van der Waals surface area (Å²) in [5.74, 6) is 0.548. The number of anilines is 2. The van der Waals surface area contributed by atoms with Crippen LogP contribution in [0, 0.1) is 0 Å². The molecule has 10 heteroatoms. The standard InChI is InChI=1S/C26H36Cl2N6O2/c1-5-20-17-33(25-23(28)29-22(26(35)36-4)24(30-25)31(2)3)14-15-34(20)21-10-12-32(13-11-21)16-18-6-8-19(27)9-7-18/h6-9,20-21H,5,10-17H2,1-4H3/t20-/m0/s1. The number of rotatable bonds is 7. The Balaban J connectivity index is 1.40. The highest BCUT2D eigenvalue weighted by molar-refractivity contribution is 6.32. The molecule has 4 rings (SSSR count). The first kappa shape index (κ1) is 26.9. The molecule has 2 aromatic rings. The minimum Gasteiger partial charge on any atom is -0.464 e. The van der Waals surface area contributed by atoms with Crippen molar-refractivity contribution in [3.63, 3.8) is 0 Å². The van der Waals surface area contributed by atoms with Crippen LogP contribution in [0.4, 0.5) is 11.6 Å². The number of hydrogen-bond donors (Lipinski definition) is 0. The largest absolute Gasteiger partial charge is 0.464 e. The SMILES string of the molecule is CC[C@H]1CN(c2nc(N(C)C)c(C(=O)OC)nc2Cl)CCN1C1CCN(Cc2ccc(Cl)cc2)CC1. The molecule has 3 heterocycles. The van der Waals surface area contributed by atoms with Crippen LogP contribution in [0.5, 0.6) is 0 Å². The number of piperidine rings is 1. The monoisotopic (exact) mass is 534 g/mol. The van der Waals surface area contributed by atoms with Crippen molar-refractivity contribution in [3.05, 3.63) is 45.7 Å². The molecule has 0 radical (unpaired) electrons. The van der Waals surface area contributed by atoms with Crippen LogP contribution >= 0.6 is 23.2 Å². The Kier molecular flexibility index (Phi) is 8.93. The Hall–Kier alpha value is -2.13. The van der Waals surface area contributed by atoms with E-state index >= 15 is 0 Å². The number of benzene rings is 1. The smallest absolute Gasteiger partial charge is 0.360 e. The molecule has 2 aliphatic heterocycles. The van der Waals surface area contributed by atoms with Crippen LogP contribution in [0.15, 0.2) is 24.3 Å². The number of esters is 1. The third kappa shape index (κ3) is 6.05. The zero-order chi connectivity index (χ0) is 25.8. The highest BCUT2D eigenvalue weighted by Crippen LogP contribution is 2.31. The van der Waals surface area contributed by atoms with Gasteiger partial charge < -0.3 is 14.5 Å². The molecule has 2 fully saturated rings. The summed E-state index contributed by atoms with van der Waals surface area (Å²) in [5.41, 5.74) is 1.44. The molecule has 1 atom stereocenters. The van der Waals surface area contributed by atoms with Crippen molar-refractivity contribution in [3.8, 4) is 0 Å². The second kappa shape index (κ2) is 11.9. The maximum absolute atomic E-state index is 12.2. The fourth-order valence-corrected chi connectivity index (χ4v) is 5.68. The van der Waals surface area contributed by atoms with E-state index in [0.717, 1.165) is 50.7 Å². The van der Waals surface area contributed by atoms with Gasteiger partial charge in [-0.3, -0.25) is 9.80 Å². The number of likely N-dealkylation sites (tertiary alicyclic amines) is 1. The number of piperazine rings is 1. The summed E-state index contributed by atoms with van der Waals surface area (Å²) in [7, 11) is 5.00. The van der Waals surface area contributed by atoms with Gasteiger partial charge in [0.15, 0.2) is 22.5 Å². The van der Waals surface area contributed by atoms with E-state index in [9.17, 15) is 4.79 Å². The maximum Gasteiger partial charge on any atom is 0.360 e. The van der Waals surface area contributed by atoms with Crippen LogP contribution in [0.1, 0.15) is 42.2 Å². The first-order valence-corrected chi connectivity index (χ1v) is 13.4. The molecule has 0 spiro atoms. The van der Waals surface area contributed by atoms with Crippen LogP contribution in [0.25, 0.3) is 0 Å². The molecule has 0 N–H and O–H groups in total. The number of nitrogens with zero attached hydrogens (tertiary/aromatic N) is 6. The third-order valence-electron chi connectivity index (χ3n) is 7.27. The number of ether oxygens (including phenoxy) is 1. The third-order valence-corrected chi connectivity index (χ3v) is 7.77. The minimum absolute atomic E-state index is 0.132. The Morgan fingerprint density at radius 1 is 1.08 bits per heavy atom. The second-order valence-corrected chi connectivity index (χ2v) is 10.6. The van der Waals surface area contributed by atoms with Gasteiger partial charge in [-0.05, 0) is 50.0 Å². The van der Waals surface area contributed by atoms with Crippen LogP contribution in [-0.2, 0) is 11.3 Å². The second-order valence-electron chi connectivity index (χ2n) is 9.78. The van der Waals surface area contributed by atoms with Gasteiger partial charge in [-0.2, -0.15) is 0 Å². The van der Waals surface area contributed by atoms with E-state index in [1.807, 2.05) is 26.2 Å². The first-order valence-electron chi connectivity index (χ1n) is 12.6. The fourth-order valence-electron chi connectivity index (χ4n) is 5.31.